The molecule has 1 aromatic carbocycles. The third-order valence-electron chi connectivity index (χ3n) is 7.39. The molecular formula is C26H39FO2. The van der Waals surface area contributed by atoms with E-state index in [0.29, 0.717) is 5.92 Å². The van der Waals surface area contributed by atoms with Crippen LogP contribution in [0.4, 0.5) is 4.39 Å². The van der Waals surface area contributed by atoms with Crippen LogP contribution in [0.25, 0.3) is 0 Å². The van der Waals surface area contributed by atoms with E-state index in [2.05, 4.69) is 13.8 Å². The Morgan fingerprint density at radius 2 is 1.66 bits per heavy atom. The molecule has 2 saturated carbocycles. The quantitative estimate of drug-likeness (QED) is 0.327. The summed E-state index contributed by atoms with van der Waals surface area (Å²) in [5, 5.41) is 0. The van der Waals surface area contributed by atoms with Gasteiger partial charge in [0.25, 0.3) is 0 Å². The van der Waals surface area contributed by atoms with Crippen LogP contribution in [-0.2, 0) is 4.74 Å². The van der Waals surface area contributed by atoms with E-state index in [1.54, 1.807) is 12.1 Å². The first-order valence-corrected chi connectivity index (χ1v) is 12.1. The second-order valence-corrected chi connectivity index (χ2v) is 9.41. The first kappa shape index (κ1) is 22.3. The number of rotatable bonds is 8. The number of unbranched alkanes of at least 4 members (excludes halogenated alkanes) is 2. The Hall–Kier alpha value is -1.38. The minimum Gasteiger partial charge on any atom is -0.459 e. The molecule has 0 aliphatic heterocycles. The van der Waals surface area contributed by atoms with Crippen molar-refractivity contribution in [3.05, 3.63) is 35.1 Å². The first-order valence-electron chi connectivity index (χ1n) is 12.1. The van der Waals surface area contributed by atoms with Gasteiger partial charge in [0.15, 0.2) is 0 Å². The zero-order valence-corrected chi connectivity index (χ0v) is 18.4. The number of carbonyl (C=O) groups excluding carboxylic acids is 1. The molecule has 29 heavy (non-hydrogen) atoms. The molecule has 3 rings (SSSR count). The lowest BCUT2D eigenvalue weighted by atomic mass is 9.78. The molecule has 2 nitrogen and oxygen atoms in total. The Labute approximate surface area is 176 Å². The Balaban J connectivity index is 1.49. The van der Waals surface area contributed by atoms with E-state index in [-0.39, 0.29) is 11.7 Å². The molecular weight excluding hydrogens is 363 g/mol. The summed E-state index contributed by atoms with van der Waals surface area (Å²) >= 11 is 0. The third kappa shape index (κ3) is 6.30. The Kier molecular flexibility index (Phi) is 8.56. The minimum absolute atomic E-state index is 0.0478. The van der Waals surface area contributed by atoms with Crippen LogP contribution in [-0.4, -0.2) is 12.1 Å². The third-order valence-corrected chi connectivity index (χ3v) is 7.39. The molecule has 3 heteroatoms. The SMILES string of the molecule is CCCCCC1CCC(OC(=O)c2ccc([C@H]3CC[C@H](CC)CC3)cc2F)CC1. The standard InChI is InChI=1S/C26H39FO2/c1-3-5-6-7-20-10-15-23(16-11-20)29-26(28)24-17-14-22(18-25(24)27)21-12-8-19(4-2)9-13-21/h14,17-21,23H,3-13,15-16H2,1-2H3/t19-,20?,21-,23?. The fourth-order valence-electron chi connectivity index (χ4n) is 5.29. The normalized spacial score (nSPS) is 27.6. The summed E-state index contributed by atoms with van der Waals surface area (Å²) in [6.07, 6.45) is 15.2. The molecule has 2 fully saturated rings. The van der Waals surface area contributed by atoms with Crippen molar-refractivity contribution in [2.24, 2.45) is 11.8 Å². The molecule has 1 aromatic rings. The van der Waals surface area contributed by atoms with Gasteiger partial charge in [0.2, 0.25) is 0 Å². The van der Waals surface area contributed by atoms with Crippen molar-refractivity contribution in [2.75, 3.05) is 0 Å². The average molecular weight is 403 g/mol. The zero-order valence-electron chi connectivity index (χ0n) is 18.4. The van der Waals surface area contributed by atoms with Crippen LogP contribution in [0, 0.1) is 17.7 Å². The molecule has 162 valence electrons. The monoisotopic (exact) mass is 402 g/mol. The van der Waals surface area contributed by atoms with Crippen molar-refractivity contribution < 1.29 is 13.9 Å². The number of carbonyl (C=O) groups is 1. The van der Waals surface area contributed by atoms with Gasteiger partial charge in [-0.3, -0.25) is 0 Å². The molecule has 2 aliphatic rings. The maximum atomic E-state index is 14.7. The van der Waals surface area contributed by atoms with Crippen LogP contribution >= 0.6 is 0 Å². The highest BCUT2D eigenvalue weighted by Gasteiger charge is 2.26. The molecule has 0 radical (unpaired) electrons. The van der Waals surface area contributed by atoms with E-state index in [1.165, 1.54) is 44.9 Å². The van der Waals surface area contributed by atoms with E-state index >= 15 is 0 Å². The van der Waals surface area contributed by atoms with Crippen molar-refractivity contribution in [2.45, 2.75) is 109 Å². The highest BCUT2D eigenvalue weighted by atomic mass is 19.1. The molecule has 2 aliphatic carbocycles. The minimum atomic E-state index is -0.488. The fraction of sp³-hybridized carbons (Fsp3) is 0.731. The smallest absolute Gasteiger partial charge is 0.341 e. The molecule has 0 amide bonds. The Morgan fingerprint density at radius 1 is 0.966 bits per heavy atom. The Morgan fingerprint density at radius 3 is 2.28 bits per heavy atom. The molecule has 0 heterocycles. The number of hydrogen-bond acceptors (Lipinski definition) is 2. The lowest BCUT2D eigenvalue weighted by molar-refractivity contribution is 0.0156. The Bertz CT molecular complexity index is 640. The van der Waals surface area contributed by atoms with Crippen LogP contribution in [0.3, 0.4) is 0 Å². The van der Waals surface area contributed by atoms with Crippen LogP contribution in [0.15, 0.2) is 18.2 Å². The number of ether oxygens (including phenoxy) is 1. The van der Waals surface area contributed by atoms with Crippen molar-refractivity contribution in [3.63, 3.8) is 0 Å². The predicted molar refractivity (Wildman–Crippen MR) is 117 cm³/mol. The van der Waals surface area contributed by atoms with E-state index in [4.69, 9.17) is 4.74 Å². The maximum Gasteiger partial charge on any atom is 0.341 e. The van der Waals surface area contributed by atoms with Gasteiger partial charge < -0.3 is 4.74 Å². The van der Waals surface area contributed by atoms with Gasteiger partial charge in [-0.25, -0.2) is 9.18 Å². The second kappa shape index (κ2) is 11.1. The number of hydrogen-bond donors (Lipinski definition) is 0. The summed E-state index contributed by atoms with van der Waals surface area (Å²) in [6, 6.07) is 5.18. The van der Waals surface area contributed by atoms with Gasteiger partial charge in [0.1, 0.15) is 11.9 Å². The molecule has 0 bridgehead atoms. The van der Waals surface area contributed by atoms with E-state index in [1.807, 2.05) is 6.07 Å². The summed E-state index contributed by atoms with van der Waals surface area (Å²) in [5.41, 5.74) is 1.14. The predicted octanol–water partition coefficient (Wildman–Crippen LogP) is 7.81. The number of esters is 1. The van der Waals surface area contributed by atoms with Gasteiger partial charge in [0, 0.05) is 0 Å². The van der Waals surface area contributed by atoms with Gasteiger partial charge in [-0.1, -0.05) is 52.0 Å². The molecule has 0 atom stereocenters. The lowest BCUT2D eigenvalue weighted by Crippen LogP contribution is -2.25. The molecule has 0 N–H and O–H groups in total. The van der Waals surface area contributed by atoms with Gasteiger partial charge >= 0.3 is 5.97 Å². The van der Waals surface area contributed by atoms with Crippen LogP contribution in [0.5, 0.6) is 0 Å². The second-order valence-electron chi connectivity index (χ2n) is 9.41. The van der Waals surface area contributed by atoms with Crippen molar-refractivity contribution in [3.8, 4) is 0 Å². The van der Waals surface area contributed by atoms with Gasteiger partial charge in [-0.05, 0) is 86.8 Å². The van der Waals surface area contributed by atoms with Gasteiger partial charge in [-0.2, -0.15) is 0 Å². The molecule has 0 spiro atoms. The summed E-state index contributed by atoms with van der Waals surface area (Å²) in [6.45, 7) is 4.49. The molecule has 0 aromatic heterocycles. The highest BCUT2D eigenvalue weighted by Crippen LogP contribution is 2.37. The topological polar surface area (TPSA) is 26.3 Å². The number of benzene rings is 1. The first-order chi connectivity index (χ1) is 14.1. The van der Waals surface area contributed by atoms with Gasteiger partial charge in [-0.15, -0.1) is 0 Å². The molecule has 0 saturated heterocycles. The van der Waals surface area contributed by atoms with Gasteiger partial charge in [0.05, 0.1) is 5.56 Å². The van der Waals surface area contributed by atoms with E-state index < -0.39 is 11.8 Å². The molecule has 0 unspecified atom stereocenters. The summed E-state index contributed by atoms with van der Waals surface area (Å²) < 4.78 is 20.4. The van der Waals surface area contributed by atoms with Crippen LogP contribution in [0.1, 0.15) is 119 Å². The average Bonchev–Trinajstić information content (AvgIpc) is 2.75. The van der Waals surface area contributed by atoms with Crippen LogP contribution in [0.2, 0.25) is 0 Å². The number of halogens is 1. The summed E-state index contributed by atoms with van der Waals surface area (Å²) in [4.78, 5) is 12.5. The summed E-state index contributed by atoms with van der Waals surface area (Å²) in [7, 11) is 0. The van der Waals surface area contributed by atoms with Crippen molar-refractivity contribution >= 4 is 5.97 Å². The van der Waals surface area contributed by atoms with Crippen molar-refractivity contribution in [1.29, 1.82) is 0 Å². The van der Waals surface area contributed by atoms with E-state index in [0.717, 1.165) is 55.9 Å². The summed E-state index contributed by atoms with van der Waals surface area (Å²) in [5.74, 6) is 1.12. The highest BCUT2D eigenvalue weighted by molar-refractivity contribution is 5.89. The largest absolute Gasteiger partial charge is 0.459 e. The van der Waals surface area contributed by atoms with Crippen molar-refractivity contribution in [1.82, 2.24) is 0 Å². The maximum absolute atomic E-state index is 14.7. The fourth-order valence-corrected chi connectivity index (χ4v) is 5.29. The zero-order chi connectivity index (χ0) is 20.6. The lowest BCUT2D eigenvalue weighted by Gasteiger charge is -2.29. The van der Waals surface area contributed by atoms with E-state index in [9.17, 15) is 9.18 Å². The van der Waals surface area contributed by atoms with Crippen LogP contribution < -0.4 is 0 Å².